The van der Waals surface area contributed by atoms with Crippen molar-refractivity contribution in [3.8, 4) is 0 Å². The molecule has 0 aliphatic carbocycles. The van der Waals surface area contributed by atoms with Gasteiger partial charge in [-0.25, -0.2) is 22.4 Å². The zero-order valence-electron chi connectivity index (χ0n) is 19.4. The molecule has 0 aromatic heterocycles. The van der Waals surface area contributed by atoms with Gasteiger partial charge in [-0.15, -0.1) is 0 Å². The number of nitrogens with zero attached hydrogens (tertiary/aromatic N) is 2. The van der Waals surface area contributed by atoms with Crippen molar-refractivity contribution < 1.29 is 31.9 Å². The molecule has 1 unspecified atom stereocenters. The molecule has 0 N–H and O–H groups in total. The van der Waals surface area contributed by atoms with Gasteiger partial charge in [0.1, 0.15) is 23.3 Å². The van der Waals surface area contributed by atoms with Crippen LogP contribution in [0.5, 0.6) is 0 Å². The Labute approximate surface area is 199 Å². The number of halogens is 1. The van der Waals surface area contributed by atoms with Gasteiger partial charge in [-0.3, -0.25) is 0 Å². The van der Waals surface area contributed by atoms with Crippen molar-refractivity contribution in [2.24, 2.45) is 0 Å². The summed E-state index contributed by atoms with van der Waals surface area (Å²) in [4.78, 5) is 28.0. The Morgan fingerprint density at radius 3 is 2.06 bits per heavy atom. The molecule has 0 bridgehead atoms. The molecule has 1 atom stereocenters. The van der Waals surface area contributed by atoms with Gasteiger partial charge in [0, 0.05) is 26.2 Å². The predicted octanol–water partition coefficient (Wildman–Crippen LogP) is 3.86. The summed E-state index contributed by atoms with van der Waals surface area (Å²) in [7, 11) is -4.01. The maximum absolute atomic E-state index is 13.4. The van der Waals surface area contributed by atoms with Crippen LogP contribution in [-0.2, 0) is 25.9 Å². The van der Waals surface area contributed by atoms with Crippen LogP contribution in [0.1, 0.15) is 26.3 Å². The third kappa shape index (κ3) is 6.69. The molecule has 1 aliphatic heterocycles. The van der Waals surface area contributed by atoms with Crippen molar-refractivity contribution >= 4 is 22.0 Å². The van der Waals surface area contributed by atoms with Gasteiger partial charge in [-0.2, -0.15) is 0 Å². The summed E-state index contributed by atoms with van der Waals surface area (Å²) in [5, 5.41) is -1.16. The van der Waals surface area contributed by atoms with Crippen molar-refractivity contribution in [1.29, 1.82) is 0 Å². The van der Waals surface area contributed by atoms with E-state index >= 15 is 0 Å². The van der Waals surface area contributed by atoms with Gasteiger partial charge in [0.05, 0.1) is 4.90 Å². The highest BCUT2D eigenvalue weighted by molar-refractivity contribution is 7.92. The van der Waals surface area contributed by atoms with Crippen LogP contribution in [0.4, 0.5) is 14.0 Å². The molecule has 1 saturated heterocycles. The van der Waals surface area contributed by atoms with Crippen molar-refractivity contribution in [3.63, 3.8) is 0 Å². The highest BCUT2D eigenvalue weighted by Crippen LogP contribution is 2.22. The van der Waals surface area contributed by atoms with Crippen LogP contribution in [0.15, 0.2) is 59.5 Å². The number of carbonyl (C=O) groups excluding carboxylic acids is 2. The van der Waals surface area contributed by atoms with E-state index < -0.39 is 38.7 Å². The average Bonchev–Trinajstić information content (AvgIpc) is 3.01. The highest BCUT2D eigenvalue weighted by atomic mass is 32.2. The number of benzene rings is 2. The Hall–Kier alpha value is -3.14. The van der Waals surface area contributed by atoms with Crippen LogP contribution in [0.3, 0.4) is 0 Å². The lowest BCUT2D eigenvalue weighted by Crippen LogP contribution is -2.44. The fourth-order valence-corrected chi connectivity index (χ4v) is 5.11. The van der Waals surface area contributed by atoms with Crippen molar-refractivity contribution in [1.82, 2.24) is 9.80 Å². The summed E-state index contributed by atoms with van der Waals surface area (Å²) in [6, 6.07) is 13.6. The summed E-state index contributed by atoms with van der Waals surface area (Å²) < 4.78 is 50.9. The van der Waals surface area contributed by atoms with E-state index in [1.54, 1.807) is 20.8 Å². The molecule has 10 heteroatoms. The standard InChI is InChI=1S/C24H29FN2O6S/c1-24(2,3)33-23(29)27-14-13-26(22(28)32-17-18-7-5-4-6-8-18)15-21(16-27)34(30,31)20-11-9-19(25)10-12-20/h4-12,21H,13-17H2,1-3H3. The number of hydrogen-bond acceptors (Lipinski definition) is 6. The first-order chi connectivity index (χ1) is 16.0. The third-order valence-corrected chi connectivity index (χ3v) is 7.29. The lowest BCUT2D eigenvalue weighted by atomic mass is 10.2. The number of hydrogen-bond donors (Lipinski definition) is 0. The largest absolute Gasteiger partial charge is 0.445 e. The monoisotopic (exact) mass is 492 g/mol. The van der Waals surface area contributed by atoms with Gasteiger partial charge in [-0.1, -0.05) is 30.3 Å². The molecule has 0 radical (unpaired) electrons. The fraction of sp³-hybridized carbons (Fsp3) is 0.417. The Balaban J connectivity index is 1.83. The van der Waals surface area contributed by atoms with Crippen LogP contribution in [0, 0.1) is 5.82 Å². The molecule has 2 aromatic rings. The van der Waals surface area contributed by atoms with Crippen LogP contribution in [-0.4, -0.2) is 67.4 Å². The zero-order chi connectivity index (χ0) is 24.9. The minimum absolute atomic E-state index is 0.0291. The fourth-order valence-electron chi connectivity index (χ4n) is 3.46. The molecule has 184 valence electrons. The van der Waals surface area contributed by atoms with E-state index in [0.717, 1.165) is 17.7 Å². The Morgan fingerprint density at radius 2 is 1.50 bits per heavy atom. The first kappa shape index (κ1) is 25.5. The predicted molar refractivity (Wildman–Crippen MR) is 123 cm³/mol. The maximum Gasteiger partial charge on any atom is 0.410 e. The minimum Gasteiger partial charge on any atom is -0.445 e. The Kier molecular flexibility index (Phi) is 7.81. The van der Waals surface area contributed by atoms with Crippen molar-refractivity contribution in [2.45, 2.75) is 43.1 Å². The molecular formula is C24H29FN2O6S. The molecule has 0 saturated carbocycles. The minimum atomic E-state index is -4.01. The van der Waals surface area contributed by atoms with E-state index in [9.17, 15) is 22.4 Å². The summed E-state index contributed by atoms with van der Waals surface area (Å²) in [6.07, 6.45) is -1.36. The number of rotatable bonds is 4. The first-order valence-electron chi connectivity index (χ1n) is 10.9. The van der Waals surface area contributed by atoms with E-state index in [-0.39, 0.29) is 37.7 Å². The van der Waals surface area contributed by atoms with Gasteiger partial charge >= 0.3 is 12.2 Å². The second-order valence-electron chi connectivity index (χ2n) is 9.03. The summed E-state index contributed by atoms with van der Waals surface area (Å²) in [5.74, 6) is -0.568. The lowest BCUT2D eigenvalue weighted by molar-refractivity contribution is 0.0256. The Morgan fingerprint density at radius 1 is 0.941 bits per heavy atom. The van der Waals surface area contributed by atoms with Crippen LogP contribution >= 0.6 is 0 Å². The summed E-state index contributed by atoms with van der Waals surface area (Å²) in [5.41, 5.74) is 0.0137. The topological polar surface area (TPSA) is 93.2 Å². The zero-order valence-corrected chi connectivity index (χ0v) is 20.3. The second kappa shape index (κ2) is 10.4. The average molecular weight is 493 g/mol. The van der Waals surface area contributed by atoms with Crippen LogP contribution in [0.25, 0.3) is 0 Å². The summed E-state index contributed by atoms with van der Waals surface area (Å²) >= 11 is 0. The lowest BCUT2D eigenvalue weighted by Gasteiger charge is -2.27. The van der Waals surface area contributed by atoms with E-state index in [2.05, 4.69) is 0 Å². The van der Waals surface area contributed by atoms with Gasteiger partial charge < -0.3 is 19.3 Å². The molecule has 34 heavy (non-hydrogen) atoms. The maximum atomic E-state index is 13.4. The molecule has 1 heterocycles. The number of sulfone groups is 1. The van der Waals surface area contributed by atoms with E-state index in [0.29, 0.717) is 0 Å². The molecule has 2 aromatic carbocycles. The third-order valence-electron chi connectivity index (χ3n) is 5.18. The quantitative estimate of drug-likeness (QED) is 0.602. The number of carbonyl (C=O) groups is 2. The van der Waals surface area contributed by atoms with E-state index in [1.807, 2.05) is 30.3 Å². The summed E-state index contributed by atoms with van der Waals surface area (Å²) in [6.45, 7) is 4.94. The second-order valence-corrected chi connectivity index (χ2v) is 11.3. The van der Waals surface area contributed by atoms with Gasteiger partial charge in [0.15, 0.2) is 9.84 Å². The molecule has 1 fully saturated rings. The molecule has 8 nitrogen and oxygen atoms in total. The molecule has 0 spiro atoms. The van der Waals surface area contributed by atoms with Crippen LogP contribution < -0.4 is 0 Å². The highest BCUT2D eigenvalue weighted by Gasteiger charge is 2.38. The first-order valence-corrected chi connectivity index (χ1v) is 12.4. The molecule has 2 amide bonds. The number of amides is 2. The van der Waals surface area contributed by atoms with Crippen molar-refractivity contribution in [2.75, 3.05) is 26.2 Å². The smallest absolute Gasteiger partial charge is 0.410 e. The molecular weight excluding hydrogens is 463 g/mol. The molecule has 3 rings (SSSR count). The van der Waals surface area contributed by atoms with Crippen molar-refractivity contribution in [3.05, 3.63) is 66.0 Å². The number of ether oxygens (including phenoxy) is 2. The van der Waals surface area contributed by atoms with Gasteiger partial charge in [-0.05, 0) is 50.6 Å². The van der Waals surface area contributed by atoms with E-state index in [4.69, 9.17) is 9.47 Å². The molecule has 1 aliphatic rings. The van der Waals surface area contributed by atoms with E-state index in [1.165, 1.54) is 21.9 Å². The van der Waals surface area contributed by atoms with Crippen LogP contribution in [0.2, 0.25) is 0 Å². The normalized spacial score (nSPS) is 17.1. The van der Waals surface area contributed by atoms with Gasteiger partial charge in [0.25, 0.3) is 0 Å². The van der Waals surface area contributed by atoms with Gasteiger partial charge in [0.2, 0.25) is 0 Å². The SMILES string of the molecule is CC(C)(C)OC(=O)N1CCN(C(=O)OCc2ccccc2)CC(S(=O)(=O)c2ccc(F)cc2)C1. The Bertz CT molecular complexity index is 1100.